The number of rotatable bonds is 6. The molecule has 0 aliphatic carbocycles. The molecule has 8 nitrogen and oxygen atoms in total. The van der Waals surface area contributed by atoms with Gasteiger partial charge in [-0.2, -0.15) is 0 Å². The van der Waals surface area contributed by atoms with E-state index in [0.717, 1.165) is 24.0 Å². The number of nitrogens with zero attached hydrogens (tertiary/aromatic N) is 2. The Hall–Kier alpha value is -3.17. The molecule has 2 aromatic carbocycles. The lowest BCUT2D eigenvalue weighted by atomic mass is 9.96. The molecule has 2 amide bonds. The van der Waals surface area contributed by atoms with Crippen LogP contribution in [0.3, 0.4) is 0 Å². The maximum absolute atomic E-state index is 13.6. The molecule has 2 atom stereocenters. The zero-order valence-corrected chi connectivity index (χ0v) is 18.3. The topological polar surface area (TPSA) is 119 Å². The van der Waals surface area contributed by atoms with Gasteiger partial charge in [0.25, 0.3) is 11.8 Å². The summed E-state index contributed by atoms with van der Waals surface area (Å²) in [5.41, 5.74) is 9.12. The Morgan fingerprint density at radius 3 is 2.33 bits per heavy atom. The van der Waals surface area contributed by atoms with Gasteiger partial charge in [0.1, 0.15) is 5.82 Å². The van der Waals surface area contributed by atoms with E-state index >= 15 is 0 Å². The van der Waals surface area contributed by atoms with Gasteiger partial charge in [0.2, 0.25) is 0 Å². The molecule has 4 rings (SSSR count). The summed E-state index contributed by atoms with van der Waals surface area (Å²) in [7, 11) is 0. The Labute approximate surface area is 191 Å². The summed E-state index contributed by atoms with van der Waals surface area (Å²) >= 11 is 0. The third-order valence-electron chi connectivity index (χ3n) is 6.49. The standard InChI is InChI=1S/C24H29FN4O4/c25-18-5-6-19(26)20(11-18)28-9-7-15(8-10-28)12-27-23(32)21(30)22(31)24(33)29-13-16-3-1-2-4-17(16)14-29/h1-6,11,15,21-22,30-31H,7-10,12-14,26H2,(H,27,32)/t21-,22-/m1/s1. The van der Waals surface area contributed by atoms with Gasteiger partial charge >= 0.3 is 0 Å². The average Bonchev–Trinajstić information content (AvgIpc) is 3.27. The fraction of sp³-hybridized carbons (Fsp3) is 0.417. The second-order valence-corrected chi connectivity index (χ2v) is 8.73. The van der Waals surface area contributed by atoms with Crippen molar-refractivity contribution in [3.05, 3.63) is 59.4 Å². The third-order valence-corrected chi connectivity index (χ3v) is 6.49. The van der Waals surface area contributed by atoms with Crippen molar-refractivity contribution in [1.29, 1.82) is 0 Å². The van der Waals surface area contributed by atoms with Crippen LogP contribution in [0.2, 0.25) is 0 Å². The Morgan fingerprint density at radius 2 is 1.70 bits per heavy atom. The molecule has 0 saturated carbocycles. The van der Waals surface area contributed by atoms with Gasteiger partial charge in [0, 0.05) is 32.7 Å². The number of fused-ring (bicyclic) bond motifs is 1. The predicted octanol–water partition coefficient (Wildman–Crippen LogP) is 1.00. The molecule has 2 aromatic rings. The molecule has 9 heteroatoms. The second-order valence-electron chi connectivity index (χ2n) is 8.73. The number of amides is 2. The zero-order chi connectivity index (χ0) is 23.5. The van der Waals surface area contributed by atoms with Gasteiger partial charge in [-0.25, -0.2) is 4.39 Å². The molecule has 2 heterocycles. The summed E-state index contributed by atoms with van der Waals surface area (Å²) < 4.78 is 13.6. The van der Waals surface area contributed by atoms with E-state index in [1.807, 2.05) is 29.2 Å². The lowest BCUT2D eigenvalue weighted by molar-refractivity contribution is -0.153. The number of aliphatic hydroxyl groups excluding tert-OH is 2. The first-order valence-corrected chi connectivity index (χ1v) is 11.1. The Kier molecular flexibility index (Phi) is 6.80. The van der Waals surface area contributed by atoms with Crippen molar-refractivity contribution in [2.75, 3.05) is 30.3 Å². The van der Waals surface area contributed by atoms with Crippen LogP contribution in [0.4, 0.5) is 15.8 Å². The maximum Gasteiger partial charge on any atom is 0.255 e. The van der Waals surface area contributed by atoms with E-state index in [1.54, 1.807) is 6.07 Å². The summed E-state index contributed by atoms with van der Waals surface area (Å²) in [5.74, 6) is -1.62. The van der Waals surface area contributed by atoms with Crippen LogP contribution in [0, 0.1) is 11.7 Å². The van der Waals surface area contributed by atoms with Crippen molar-refractivity contribution in [2.45, 2.75) is 38.1 Å². The summed E-state index contributed by atoms with van der Waals surface area (Å²) in [5, 5.41) is 23.2. The minimum Gasteiger partial charge on any atom is -0.397 e. The number of benzene rings is 2. The zero-order valence-electron chi connectivity index (χ0n) is 18.3. The van der Waals surface area contributed by atoms with Crippen LogP contribution in [-0.2, 0) is 22.7 Å². The lowest BCUT2D eigenvalue weighted by Gasteiger charge is -2.34. The maximum atomic E-state index is 13.6. The first-order chi connectivity index (χ1) is 15.8. The lowest BCUT2D eigenvalue weighted by Crippen LogP contribution is -2.50. The molecule has 0 aromatic heterocycles. The van der Waals surface area contributed by atoms with Crippen molar-refractivity contribution < 1.29 is 24.2 Å². The van der Waals surface area contributed by atoms with Crippen molar-refractivity contribution in [3.63, 3.8) is 0 Å². The molecule has 0 bridgehead atoms. The van der Waals surface area contributed by atoms with E-state index in [9.17, 15) is 24.2 Å². The highest BCUT2D eigenvalue weighted by Gasteiger charge is 2.35. The van der Waals surface area contributed by atoms with Gasteiger partial charge in [0.15, 0.2) is 12.2 Å². The number of anilines is 2. The largest absolute Gasteiger partial charge is 0.397 e. The molecular weight excluding hydrogens is 427 g/mol. The van der Waals surface area contributed by atoms with Gasteiger partial charge in [-0.3, -0.25) is 9.59 Å². The van der Waals surface area contributed by atoms with Gasteiger partial charge in [0.05, 0.1) is 11.4 Å². The minimum absolute atomic E-state index is 0.160. The smallest absolute Gasteiger partial charge is 0.255 e. The SMILES string of the molecule is Nc1ccc(F)cc1N1CCC(CNC(=O)[C@H](O)[C@@H](O)C(=O)N2Cc3ccccc3C2)CC1. The van der Waals surface area contributed by atoms with Crippen molar-refractivity contribution >= 4 is 23.2 Å². The fourth-order valence-electron chi connectivity index (χ4n) is 4.47. The molecule has 1 saturated heterocycles. The first kappa shape index (κ1) is 23.0. The molecule has 2 aliphatic rings. The summed E-state index contributed by atoms with van der Waals surface area (Å²) in [6.07, 6.45) is -2.16. The van der Waals surface area contributed by atoms with Crippen LogP contribution < -0.4 is 16.0 Å². The highest BCUT2D eigenvalue weighted by atomic mass is 19.1. The molecule has 1 fully saturated rings. The number of aliphatic hydroxyl groups is 2. The van der Waals surface area contributed by atoms with E-state index in [0.29, 0.717) is 44.1 Å². The normalized spacial score (nSPS) is 18.0. The van der Waals surface area contributed by atoms with Gasteiger partial charge < -0.3 is 31.1 Å². The van der Waals surface area contributed by atoms with E-state index in [4.69, 9.17) is 5.73 Å². The van der Waals surface area contributed by atoms with Gasteiger partial charge in [-0.15, -0.1) is 0 Å². The number of nitrogens with one attached hydrogen (secondary N) is 1. The van der Waals surface area contributed by atoms with Crippen molar-refractivity contribution in [1.82, 2.24) is 10.2 Å². The summed E-state index contributed by atoms with van der Waals surface area (Å²) in [6, 6.07) is 11.9. The number of piperidine rings is 1. The number of hydrogen-bond donors (Lipinski definition) is 4. The van der Waals surface area contributed by atoms with Crippen LogP contribution >= 0.6 is 0 Å². The van der Waals surface area contributed by atoms with Crippen molar-refractivity contribution in [2.24, 2.45) is 5.92 Å². The highest BCUT2D eigenvalue weighted by molar-refractivity contribution is 5.91. The molecule has 0 spiro atoms. The van der Waals surface area contributed by atoms with E-state index in [2.05, 4.69) is 5.32 Å². The number of carbonyl (C=O) groups is 2. The number of nitrogen functional groups attached to an aromatic ring is 1. The van der Waals surface area contributed by atoms with Crippen LogP contribution in [0.15, 0.2) is 42.5 Å². The molecule has 0 unspecified atom stereocenters. The van der Waals surface area contributed by atoms with Crippen LogP contribution in [0.1, 0.15) is 24.0 Å². The molecule has 5 N–H and O–H groups in total. The first-order valence-electron chi connectivity index (χ1n) is 11.1. The predicted molar refractivity (Wildman–Crippen MR) is 121 cm³/mol. The monoisotopic (exact) mass is 456 g/mol. The fourth-order valence-corrected chi connectivity index (χ4v) is 4.47. The van der Waals surface area contributed by atoms with Crippen LogP contribution in [0.25, 0.3) is 0 Å². The van der Waals surface area contributed by atoms with Crippen LogP contribution in [0.5, 0.6) is 0 Å². The summed E-state index contributed by atoms with van der Waals surface area (Å²) in [4.78, 5) is 28.4. The number of carbonyl (C=O) groups excluding carboxylic acids is 2. The quantitative estimate of drug-likeness (QED) is 0.482. The Bertz CT molecular complexity index is 1000. The van der Waals surface area contributed by atoms with E-state index in [-0.39, 0.29) is 11.7 Å². The molecular formula is C24H29FN4O4. The Morgan fingerprint density at radius 1 is 1.06 bits per heavy atom. The minimum atomic E-state index is -1.84. The van der Waals surface area contributed by atoms with Crippen LogP contribution in [-0.4, -0.2) is 58.8 Å². The highest BCUT2D eigenvalue weighted by Crippen LogP contribution is 2.28. The van der Waals surface area contributed by atoms with E-state index < -0.39 is 24.0 Å². The molecule has 176 valence electrons. The number of halogens is 1. The number of hydrogen-bond acceptors (Lipinski definition) is 6. The molecule has 33 heavy (non-hydrogen) atoms. The number of nitrogens with two attached hydrogens (primary N) is 1. The summed E-state index contributed by atoms with van der Waals surface area (Å²) in [6.45, 7) is 2.32. The molecule has 0 radical (unpaired) electrons. The molecule has 2 aliphatic heterocycles. The second kappa shape index (κ2) is 9.76. The average molecular weight is 457 g/mol. The Balaban J connectivity index is 1.23. The van der Waals surface area contributed by atoms with E-state index in [1.165, 1.54) is 17.0 Å². The third kappa shape index (κ3) is 5.09. The van der Waals surface area contributed by atoms with Gasteiger partial charge in [-0.05, 0) is 48.1 Å². The van der Waals surface area contributed by atoms with Crippen molar-refractivity contribution in [3.8, 4) is 0 Å². The van der Waals surface area contributed by atoms with Gasteiger partial charge in [-0.1, -0.05) is 24.3 Å².